The van der Waals surface area contributed by atoms with Crippen molar-refractivity contribution in [1.29, 1.82) is 0 Å². The van der Waals surface area contributed by atoms with Crippen LogP contribution in [0.25, 0.3) is 21.3 Å². The minimum Gasteiger partial charge on any atom is -0.387 e. The third-order valence-electron chi connectivity index (χ3n) is 5.14. The molecule has 1 fully saturated rings. The molecule has 0 amide bonds. The molecule has 4 heterocycles. The molecule has 0 unspecified atom stereocenters. The van der Waals surface area contributed by atoms with Crippen LogP contribution in [0.2, 0.25) is 0 Å². The van der Waals surface area contributed by atoms with Crippen LogP contribution in [0.15, 0.2) is 47.2 Å². The summed E-state index contributed by atoms with van der Waals surface area (Å²) < 4.78 is 36.1. The molecule has 0 spiro atoms. The third kappa shape index (κ3) is 3.44. The number of anilines is 1. The maximum absolute atomic E-state index is 12.7. The van der Waals surface area contributed by atoms with E-state index in [-0.39, 0.29) is 16.6 Å². The number of nitrogens with one attached hydrogen (secondary N) is 1. The standard InChI is InChI=1S/C18H18N6O5S2/c19-16-13-17(21-7-20-16)24(8-22-13)18-15(26)14(25)10(29-18)6-23-31(27,28)12-5-9-3-1-2-4-11(9)30-12/h1-5,7-8,10,14-15,18,23,25-26H,6H2,(H2,19,20,21)/t10-,14-,15-,18-/m1/s1. The van der Waals surface area contributed by atoms with Gasteiger partial charge >= 0.3 is 0 Å². The van der Waals surface area contributed by atoms with Gasteiger partial charge in [-0.3, -0.25) is 4.57 Å². The molecule has 3 aromatic heterocycles. The molecule has 1 saturated heterocycles. The molecule has 0 saturated carbocycles. The van der Waals surface area contributed by atoms with Crippen LogP contribution in [-0.4, -0.2) is 63.0 Å². The molecule has 0 bridgehead atoms. The number of thiophene rings is 1. The van der Waals surface area contributed by atoms with Crippen molar-refractivity contribution in [3.05, 3.63) is 43.0 Å². The van der Waals surface area contributed by atoms with Gasteiger partial charge in [-0.05, 0) is 17.5 Å². The first-order valence-corrected chi connectivity index (χ1v) is 11.6. The monoisotopic (exact) mass is 462 g/mol. The first-order valence-electron chi connectivity index (χ1n) is 9.28. The zero-order valence-electron chi connectivity index (χ0n) is 15.9. The Kier molecular flexibility index (Phi) is 4.88. The Hall–Kier alpha value is -2.68. The maximum Gasteiger partial charge on any atom is 0.250 e. The summed E-state index contributed by atoms with van der Waals surface area (Å²) in [4.78, 5) is 12.1. The predicted octanol–water partition coefficient (Wildman–Crippen LogP) is 0.221. The van der Waals surface area contributed by atoms with Gasteiger partial charge in [0, 0.05) is 11.2 Å². The number of hydrogen-bond donors (Lipinski definition) is 4. The average molecular weight is 463 g/mol. The highest BCUT2D eigenvalue weighted by Gasteiger charge is 2.44. The van der Waals surface area contributed by atoms with Crippen molar-refractivity contribution in [2.45, 2.75) is 28.7 Å². The number of fused-ring (bicyclic) bond motifs is 2. The lowest BCUT2D eigenvalue weighted by atomic mass is 10.1. The summed E-state index contributed by atoms with van der Waals surface area (Å²) in [6.45, 7) is -0.227. The molecule has 5 N–H and O–H groups in total. The first-order chi connectivity index (χ1) is 14.8. The molecule has 0 aliphatic carbocycles. The second-order valence-corrected chi connectivity index (χ2v) is 10.2. The molecule has 1 aliphatic heterocycles. The quantitative estimate of drug-likeness (QED) is 0.324. The van der Waals surface area contributed by atoms with Crippen molar-refractivity contribution in [1.82, 2.24) is 24.2 Å². The lowest BCUT2D eigenvalue weighted by Crippen LogP contribution is -2.39. The van der Waals surface area contributed by atoms with Gasteiger partial charge in [0.25, 0.3) is 0 Å². The van der Waals surface area contributed by atoms with Gasteiger partial charge in [-0.15, -0.1) is 11.3 Å². The van der Waals surface area contributed by atoms with E-state index < -0.39 is 34.6 Å². The van der Waals surface area contributed by atoms with Gasteiger partial charge in [-0.1, -0.05) is 18.2 Å². The molecule has 11 nitrogen and oxygen atoms in total. The number of benzene rings is 1. The Morgan fingerprint density at radius 2 is 2.00 bits per heavy atom. The summed E-state index contributed by atoms with van der Waals surface area (Å²) in [5, 5.41) is 21.8. The Morgan fingerprint density at radius 1 is 1.19 bits per heavy atom. The highest BCUT2D eigenvalue weighted by Crippen LogP contribution is 2.32. The first kappa shape index (κ1) is 20.2. The summed E-state index contributed by atoms with van der Waals surface area (Å²) in [7, 11) is -3.82. The number of aliphatic hydroxyl groups excluding tert-OH is 2. The molecule has 31 heavy (non-hydrogen) atoms. The fraction of sp³-hybridized carbons (Fsp3) is 0.278. The lowest BCUT2D eigenvalue weighted by Gasteiger charge is -2.16. The van der Waals surface area contributed by atoms with Gasteiger partial charge in [0.1, 0.15) is 34.4 Å². The number of nitrogen functional groups attached to an aromatic ring is 1. The predicted molar refractivity (Wildman–Crippen MR) is 113 cm³/mol. The van der Waals surface area contributed by atoms with E-state index in [9.17, 15) is 18.6 Å². The van der Waals surface area contributed by atoms with Crippen molar-refractivity contribution in [2.24, 2.45) is 0 Å². The largest absolute Gasteiger partial charge is 0.387 e. The second-order valence-electron chi connectivity index (χ2n) is 7.08. The van der Waals surface area contributed by atoms with E-state index in [4.69, 9.17) is 10.5 Å². The zero-order chi connectivity index (χ0) is 21.8. The lowest BCUT2D eigenvalue weighted by molar-refractivity contribution is -0.0330. The van der Waals surface area contributed by atoms with E-state index in [1.807, 2.05) is 24.3 Å². The van der Waals surface area contributed by atoms with Crippen LogP contribution in [0, 0.1) is 0 Å². The number of sulfonamides is 1. The van der Waals surface area contributed by atoms with E-state index in [1.165, 1.54) is 17.2 Å². The van der Waals surface area contributed by atoms with Crippen LogP contribution in [0.3, 0.4) is 0 Å². The summed E-state index contributed by atoms with van der Waals surface area (Å²) in [6.07, 6.45) is -2.03. The van der Waals surface area contributed by atoms with Crippen molar-refractivity contribution < 1.29 is 23.4 Å². The van der Waals surface area contributed by atoms with Crippen LogP contribution in [-0.2, 0) is 14.8 Å². The topological polar surface area (TPSA) is 165 Å². The molecule has 162 valence electrons. The second kappa shape index (κ2) is 7.47. The number of aliphatic hydroxyl groups is 2. The minimum atomic E-state index is -3.82. The SMILES string of the molecule is Nc1ncnc2c1ncn2[C@@H]1O[C@H](CNS(=O)(=O)c2cc3ccccc3s2)[C@@H](O)[C@H]1O. The molecular formula is C18H18N6O5S2. The summed E-state index contributed by atoms with van der Waals surface area (Å²) >= 11 is 1.15. The van der Waals surface area contributed by atoms with E-state index in [1.54, 1.807) is 6.07 Å². The fourth-order valence-corrected chi connectivity index (χ4v) is 6.02. The zero-order valence-corrected chi connectivity index (χ0v) is 17.5. The van der Waals surface area contributed by atoms with Crippen LogP contribution in [0.5, 0.6) is 0 Å². The smallest absolute Gasteiger partial charge is 0.250 e. The van der Waals surface area contributed by atoms with Crippen LogP contribution in [0.4, 0.5) is 5.82 Å². The molecule has 1 aromatic carbocycles. The molecule has 4 atom stereocenters. The third-order valence-corrected chi connectivity index (χ3v) is 8.15. The number of rotatable bonds is 5. The van der Waals surface area contributed by atoms with Crippen LogP contribution < -0.4 is 10.5 Å². The Labute approximate surface area is 180 Å². The highest BCUT2D eigenvalue weighted by molar-refractivity contribution is 7.91. The van der Waals surface area contributed by atoms with Gasteiger partial charge in [0.2, 0.25) is 10.0 Å². The van der Waals surface area contributed by atoms with Gasteiger partial charge < -0.3 is 20.7 Å². The summed E-state index contributed by atoms with van der Waals surface area (Å²) in [6, 6.07) is 8.94. The summed E-state index contributed by atoms with van der Waals surface area (Å²) in [5.41, 5.74) is 6.44. The molecule has 0 radical (unpaired) electrons. The van der Waals surface area contributed by atoms with E-state index in [0.717, 1.165) is 21.4 Å². The van der Waals surface area contributed by atoms with Gasteiger partial charge in [-0.2, -0.15) is 0 Å². The van der Waals surface area contributed by atoms with Gasteiger partial charge in [0.15, 0.2) is 17.7 Å². The van der Waals surface area contributed by atoms with Crippen molar-refractivity contribution in [3.8, 4) is 0 Å². The average Bonchev–Trinajstić information content (AvgIpc) is 3.44. The number of nitrogens with zero attached hydrogens (tertiary/aromatic N) is 4. The van der Waals surface area contributed by atoms with Crippen LogP contribution >= 0.6 is 11.3 Å². The number of ether oxygens (including phenoxy) is 1. The van der Waals surface area contributed by atoms with Gasteiger partial charge in [0.05, 0.1) is 6.33 Å². The fourth-order valence-electron chi connectivity index (χ4n) is 3.54. The van der Waals surface area contributed by atoms with Crippen molar-refractivity contribution >= 4 is 48.4 Å². The van der Waals surface area contributed by atoms with Crippen LogP contribution in [0.1, 0.15) is 6.23 Å². The number of hydrogen-bond acceptors (Lipinski definition) is 10. The number of aromatic nitrogens is 4. The molecule has 1 aliphatic rings. The van der Waals surface area contributed by atoms with E-state index in [0.29, 0.717) is 11.2 Å². The van der Waals surface area contributed by atoms with Crippen molar-refractivity contribution in [3.63, 3.8) is 0 Å². The highest BCUT2D eigenvalue weighted by atomic mass is 32.2. The normalized spacial score (nSPS) is 24.3. The Morgan fingerprint density at radius 3 is 2.81 bits per heavy atom. The Bertz CT molecular complexity index is 1340. The molecule has 5 rings (SSSR count). The van der Waals surface area contributed by atoms with E-state index in [2.05, 4.69) is 19.7 Å². The minimum absolute atomic E-state index is 0.158. The maximum atomic E-state index is 12.7. The molecular weight excluding hydrogens is 444 g/mol. The van der Waals surface area contributed by atoms with Gasteiger partial charge in [-0.25, -0.2) is 28.1 Å². The molecule has 13 heteroatoms. The van der Waals surface area contributed by atoms with Crippen molar-refractivity contribution in [2.75, 3.05) is 12.3 Å². The Balaban J connectivity index is 1.34. The van der Waals surface area contributed by atoms with E-state index >= 15 is 0 Å². The molecule has 4 aromatic rings. The summed E-state index contributed by atoms with van der Waals surface area (Å²) in [5.74, 6) is 0.171. The number of nitrogens with two attached hydrogens (primary N) is 1. The number of imidazole rings is 1.